The molecule has 0 atom stereocenters. The maximum absolute atomic E-state index is 10.3. The van der Waals surface area contributed by atoms with Crippen molar-refractivity contribution in [2.75, 3.05) is 0 Å². The zero-order valence-electron chi connectivity index (χ0n) is 14.0. The lowest BCUT2D eigenvalue weighted by Gasteiger charge is -2.09. The van der Waals surface area contributed by atoms with Gasteiger partial charge in [0.15, 0.2) is 0 Å². The standard InChI is InChI=1S/C22H17ClN2O/c23-18-12-10-17(11-13-18)20-14-21(19-8-4-5-9-22(19)26)25(24-20)15-16-6-2-1-3-7-16/h1-14,26H,15H2. The number of phenolic OH excluding ortho intramolecular Hbond substituents is 1. The van der Waals surface area contributed by atoms with Crippen molar-refractivity contribution >= 4 is 11.6 Å². The Kier molecular flexibility index (Phi) is 4.46. The molecule has 4 aromatic rings. The van der Waals surface area contributed by atoms with E-state index in [0.717, 1.165) is 28.1 Å². The number of aromatic nitrogens is 2. The molecule has 0 aliphatic heterocycles. The number of halogens is 1. The summed E-state index contributed by atoms with van der Waals surface area (Å²) in [6, 6.07) is 27.1. The van der Waals surface area contributed by atoms with E-state index in [-0.39, 0.29) is 5.75 Å². The van der Waals surface area contributed by atoms with Gasteiger partial charge in [0.1, 0.15) is 5.75 Å². The summed E-state index contributed by atoms with van der Waals surface area (Å²) in [7, 11) is 0. The van der Waals surface area contributed by atoms with Gasteiger partial charge in [0.05, 0.1) is 17.9 Å². The third-order valence-electron chi connectivity index (χ3n) is 4.28. The van der Waals surface area contributed by atoms with Gasteiger partial charge in [-0.25, -0.2) is 0 Å². The van der Waals surface area contributed by atoms with Crippen LogP contribution in [0.15, 0.2) is 84.9 Å². The number of hydrogen-bond donors (Lipinski definition) is 1. The number of benzene rings is 3. The van der Waals surface area contributed by atoms with Gasteiger partial charge in [-0.15, -0.1) is 0 Å². The normalized spacial score (nSPS) is 10.8. The lowest BCUT2D eigenvalue weighted by Crippen LogP contribution is -2.04. The molecule has 4 heteroatoms. The number of hydrogen-bond acceptors (Lipinski definition) is 2. The van der Waals surface area contributed by atoms with Gasteiger partial charge in [-0.05, 0) is 35.9 Å². The summed E-state index contributed by atoms with van der Waals surface area (Å²) in [6.45, 7) is 0.623. The van der Waals surface area contributed by atoms with Crippen LogP contribution in [0.3, 0.4) is 0 Å². The molecule has 3 aromatic carbocycles. The van der Waals surface area contributed by atoms with E-state index in [1.807, 2.05) is 71.4 Å². The van der Waals surface area contributed by atoms with Crippen LogP contribution in [0.1, 0.15) is 5.56 Å². The van der Waals surface area contributed by atoms with E-state index >= 15 is 0 Å². The molecule has 0 spiro atoms. The molecular weight excluding hydrogens is 344 g/mol. The van der Waals surface area contributed by atoms with Gasteiger partial charge >= 0.3 is 0 Å². The monoisotopic (exact) mass is 360 g/mol. The first-order chi connectivity index (χ1) is 12.7. The van der Waals surface area contributed by atoms with E-state index in [9.17, 15) is 5.11 Å². The first kappa shape index (κ1) is 16.4. The molecule has 0 saturated carbocycles. The topological polar surface area (TPSA) is 38.1 Å². The molecule has 26 heavy (non-hydrogen) atoms. The summed E-state index contributed by atoms with van der Waals surface area (Å²) in [5, 5.41) is 15.8. The quantitative estimate of drug-likeness (QED) is 0.512. The summed E-state index contributed by atoms with van der Waals surface area (Å²) in [4.78, 5) is 0. The third kappa shape index (κ3) is 3.35. The predicted molar refractivity (Wildman–Crippen MR) is 105 cm³/mol. The van der Waals surface area contributed by atoms with Crippen LogP contribution in [0.2, 0.25) is 5.02 Å². The molecule has 128 valence electrons. The maximum Gasteiger partial charge on any atom is 0.124 e. The first-order valence-corrected chi connectivity index (χ1v) is 8.74. The maximum atomic E-state index is 10.3. The molecule has 0 aliphatic rings. The highest BCUT2D eigenvalue weighted by atomic mass is 35.5. The number of rotatable bonds is 4. The minimum absolute atomic E-state index is 0.240. The first-order valence-electron chi connectivity index (χ1n) is 8.37. The highest BCUT2D eigenvalue weighted by Gasteiger charge is 2.14. The van der Waals surface area contributed by atoms with Crippen molar-refractivity contribution in [2.24, 2.45) is 0 Å². The fraction of sp³-hybridized carbons (Fsp3) is 0.0455. The summed E-state index contributed by atoms with van der Waals surface area (Å²) in [6.07, 6.45) is 0. The number of aromatic hydroxyl groups is 1. The van der Waals surface area contributed by atoms with Gasteiger partial charge in [0.2, 0.25) is 0 Å². The molecule has 4 rings (SSSR count). The van der Waals surface area contributed by atoms with E-state index in [4.69, 9.17) is 16.7 Å². The van der Waals surface area contributed by atoms with Crippen molar-refractivity contribution in [1.29, 1.82) is 0 Å². The SMILES string of the molecule is Oc1ccccc1-c1cc(-c2ccc(Cl)cc2)nn1Cc1ccccc1. The highest BCUT2D eigenvalue weighted by molar-refractivity contribution is 6.30. The van der Waals surface area contributed by atoms with Gasteiger partial charge < -0.3 is 5.11 Å². The molecule has 1 N–H and O–H groups in total. The molecule has 0 radical (unpaired) electrons. The molecule has 0 aliphatic carbocycles. The molecule has 0 unspecified atom stereocenters. The summed E-state index contributed by atoms with van der Waals surface area (Å²) in [5.41, 5.74) is 4.61. The van der Waals surface area contributed by atoms with E-state index in [2.05, 4.69) is 12.1 Å². The summed E-state index contributed by atoms with van der Waals surface area (Å²) < 4.78 is 1.92. The Balaban J connectivity index is 1.82. The molecule has 1 heterocycles. The van der Waals surface area contributed by atoms with E-state index in [0.29, 0.717) is 11.6 Å². The summed E-state index contributed by atoms with van der Waals surface area (Å²) >= 11 is 6.00. The Hall–Kier alpha value is -3.04. The molecule has 0 saturated heterocycles. The van der Waals surface area contributed by atoms with Gasteiger partial charge in [0.25, 0.3) is 0 Å². The van der Waals surface area contributed by atoms with Crippen molar-refractivity contribution in [3.05, 3.63) is 95.5 Å². The fourth-order valence-corrected chi connectivity index (χ4v) is 3.09. The number of nitrogens with zero attached hydrogens (tertiary/aromatic N) is 2. The summed E-state index contributed by atoms with van der Waals surface area (Å²) in [5.74, 6) is 0.240. The van der Waals surface area contributed by atoms with Gasteiger partial charge in [-0.3, -0.25) is 4.68 Å². The smallest absolute Gasteiger partial charge is 0.124 e. The average molecular weight is 361 g/mol. The van der Waals surface area contributed by atoms with Crippen LogP contribution in [0.4, 0.5) is 0 Å². The van der Waals surface area contributed by atoms with Crippen molar-refractivity contribution in [3.8, 4) is 28.3 Å². The minimum Gasteiger partial charge on any atom is -0.507 e. The molecule has 0 fully saturated rings. The van der Waals surface area contributed by atoms with Crippen LogP contribution >= 0.6 is 11.6 Å². The fourth-order valence-electron chi connectivity index (χ4n) is 2.96. The molecule has 3 nitrogen and oxygen atoms in total. The second-order valence-corrected chi connectivity index (χ2v) is 6.52. The zero-order valence-corrected chi connectivity index (χ0v) is 14.8. The Labute approximate surface area is 157 Å². The second-order valence-electron chi connectivity index (χ2n) is 6.08. The van der Waals surface area contributed by atoms with Gasteiger partial charge in [0, 0.05) is 16.1 Å². The molecule has 0 amide bonds. The largest absolute Gasteiger partial charge is 0.507 e. The molecule has 1 aromatic heterocycles. The third-order valence-corrected chi connectivity index (χ3v) is 4.53. The van der Waals surface area contributed by atoms with Crippen LogP contribution in [0.5, 0.6) is 5.75 Å². The predicted octanol–water partition coefficient (Wildman–Crippen LogP) is 5.62. The number of para-hydroxylation sites is 1. The van der Waals surface area contributed by atoms with Crippen LogP contribution in [0.25, 0.3) is 22.5 Å². The lowest BCUT2D eigenvalue weighted by molar-refractivity contribution is 0.476. The molecular formula is C22H17ClN2O. The van der Waals surface area contributed by atoms with Gasteiger partial charge in [-0.2, -0.15) is 5.10 Å². The average Bonchev–Trinajstić information content (AvgIpc) is 3.07. The van der Waals surface area contributed by atoms with Crippen LogP contribution in [-0.4, -0.2) is 14.9 Å². The lowest BCUT2D eigenvalue weighted by atomic mass is 10.1. The second kappa shape index (κ2) is 7.06. The van der Waals surface area contributed by atoms with Crippen LogP contribution in [0, 0.1) is 0 Å². The Bertz CT molecular complexity index is 1020. The van der Waals surface area contributed by atoms with Crippen molar-refractivity contribution < 1.29 is 5.11 Å². The number of phenols is 1. The Morgan fingerprint density at radius 2 is 1.54 bits per heavy atom. The van der Waals surface area contributed by atoms with E-state index in [1.54, 1.807) is 6.07 Å². The minimum atomic E-state index is 0.240. The van der Waals surface area contributed by atoms with Gasteiger partial charge in [-0.1, -0.05) is 66.2 Å². The zero-order chi connectivity index (χ0) is 17.9. The van der Waals surface area contributed by atoms with Crippen molar-refractivity contribution in [1.82, 2.24) is 9.78 Å². The van der Waals surface area contributed by atoms with E-state index in [1.165, 1.54) is 0 Å². The van der Waals surface area contributed by atoms with E-state index < -0.39 is 0 Å². The molecule has 0 bridgehead atoms. The van der Waals surface area contributed by atoms with Crippen LogP contribution in [-0.2, 0) is 6.54 Å². The van der Waals surface area contributed by atoms with Crippen molar-refractivity contribution in [3.63, 3.8) is 0 Å². The highest BCUT2D eigenvalue weighted by Crippen LogP contribution is 2.32. The Morgan fingerprint density at radius 1 is 0.846 bits per heavy atom. The van der Waals surface area contributed by atoms with Crippen molar-refractivity contribution in [2.45, 2.75) is 6.54 Å². The van der Waals surface area contributed by atoms with Crippen LogP contribution < -0.4 is 0 Å². The Morgan fingerprint density at radius 3 is 2.27 bits per heavy atom.